The van der Waals surface area contributed by atoms with Gasteiger partial charge in [-0.25, -0.2) is 0 Å². The van der Waals surface area contributed by atoms with Crippen molar-refractivity contribution in [2.24, 2.45) is 0 Å². The topological polar surface area (TPSA) is 29.3 Å². The molecular weight excluding hydrogens is 232 g/mol. The normalized spacial score (nSPS) is 11.1. The summed E-state index contributed by atoms with van der Waals surface area (Å²) in [5, 5.41) is 0. The van der Waals surface area contributed by atoms with Crippen LogP contribution in [0.15, 0.2) is 24.3 Å². The zero-order valence-electron chi connectivity index (χ0n) is 12.7. The standard InChI is InChI=1S/C17H30N2/c1-3-5-7-14-19(13-6-4-2)15-12-16-8-10-17(18)11-9-16/h8-11H,3-7,12-15,18H2,1-2H3. The molecule has 0 aromatic heterocycles. The summed E-state index contributed by atoms with van der Waals surface area (Å²) in [6, 6.07) is 8.31. The number of hydrogen-bond donors (Lipinski definition) is 1. The summed E-state index contributed by atoms with van der Waals surface area (Å²) < 4.78 is 0. The first-order valence-corrected chi connectivity index (χ1v) is 7.83. The quantitative estimate of drug-likeness (QED) is 0.508. The summed E-state index contributed by atoms with van der Waals surface area (Å²) in [4.78, 5) is 2.62. The Labute approximate surface area is 119 Å². The van der Waals surface area contributed by atoms with Crippen LogP contribution in [0.1, 0.15) is 51.5 Å². The summed E-state index contributed by atoms with van der Waals surface area (Å²) in [6.45, 7) is 8.21. The van der Waals surface area contributed by atoms with Crippen LogP contribution in [0.4, 0.5) is 5.69 Å². The van der Waals surface area contributed by atoms with Crippen LogP contribution in [-0.4, -0.2) is 24.5 Å². The van der Waals surface area contributed by atoms with Crippen LogP contribution in [0, 0.1) is 0 Å². The monoisotopic (exact) mass is 262 g/mol. The van der Waals surface area contributed by atoms with Gasteiger partial charge in [0.05, 0.1) is 0 Å². The van der Waals surface area contributed by atoms with E-state index in [1.54, 1.807) is 0 Å². The average Bonchev–Trinajstić information content (AvgIpc) is 2.43. The average molecular weight is 262 g/mol. The van der Waals surface area contributed by atoms with Crippen LogP contribution in [0.3, 0.4) is 0 Å². The van der Waals surface area contributed by atoms with Gasteiger partial charge in [-0.15, -0.1) is 0 Å². The highest BCUT2D eigenvalue weighted by Gasteiger charge is 2.04. The highest BCUT2D eigenvalue weighted by Crippen LogP contribution is 2.08. The van der Waals surface area contributed by atoms with E-state index in [1.165, 1.54) is 57.3 Å². The van der Waals surface area contributed by atoms with Crippen molar-refractivity contribution in [2.45, 2.75) is 52.4 Å². The van der Waals surface area contributed by atoms with E-state index in [1.807, 2.05) is 12.1 Å². The van der Waals surface area contributed by atoms with Gasteiger partial charge >= 0.3 is 0 Å². The second-order valence-electron chi connectivity index (χ2n) is 5.39. The summed E-state index contributed by atoms with van der Waals surface area (Å²) in [5.41, 5.74) is 7.97. The van der Waals surface area contributed by atoms with Crippen molar-refractivity contribution < 1.29 is 0 Å². The van der Waals surface area contributed by atoms with Crippen LogP contribution in [0.2, 0.25) is 0 Å². The molecule has 0 radical (unpaired) electrons. The second-order valence-corrected chi connectivity index (χ2v) is 5.39. The minimum absolute atomic E-state index is 0.856. The molecule has 0 fully saturated rings. The number of hydrogen-bond acceptors (Lipinski definition) is 2. The van der Waals surface area contributed by atoms with Crippen molar-refractivity contribution in [1.82, 2.24) is 4.90 Å². The molecule has 2 N–H and O–H groups in total. The lowest BCUT2D eigenvalue weighted by Crippen LogP contribution is -2.28. The first-order chi connectivity index (χ1) is 9.26. The molecule has 0 bridgehead atoms. The summed E-state index contributed by atoms with van der Waals surface area (Å²) in [6.07, 6.45) is 7.72. The fraction of sp³-hybridized carbons (Fsp3) is 0.647. The van der Waals surface area contributed by atoms with Gasteiger partial charge in [0.25, 0.3) is 0 Å². The lowest BCUT2D eigenvalue weighted by atomic mass is 10.1. The predicted molar refractivity (Wildman–Crippen MR) is 85.4 cm³/mol. The molecule has 2 nitrogen and oxygen atoms in total. The van der Waals surface area contributed by atoms with Gasteiger partial charge in [0.2, 0.25) is 0 Å². The van der Waals surface area contributed by atoms with Crippen LogP contribution in [0.5, 0.6) is 0 Å². The number of unbranched alkanes of at least 4 members (excludes halogenated alkanes) is 3. The molecule has 1 aromatic rings. The van der Waals surface area contributed by atoms with Crippen LogP contribution in [0.25, 0.3) is 0 Å². The van der Waals surface area contributed by atoms with Gasteiger partial charge < -0.3 is 10.6 Å². The molecule has 0 aliphatic carbocycles. The number of nitrogens with two attached hydrogens (primary N) is 1. The molecule has 0 aliphatic rings. The Morgan fingerprint density at radius 2 is 1.47 bits per heavy atom. The van der Waals surface area contributed by atoms with Gasteiger partial charge in [0.1, 0.15) is 0 Å². The Hall–Kier alpha value is -1.02. The Morgan fingerprint density at radius 3 is 2.11 bits per heavy atom. The fourth-order valence-electron chi connectivity index (χ4n) is 2.27. The minimum Gasteiger partial charge on any atom is -0.399 e. The fourth-order valence-corrected chi connectivity index (χ4v) is 2.27. The molecule has 108 valence electrons. The number of nitrogens with zero attached hydrogens (tertiary/aromatic N) is 1. The molecule has 0 spiro atoms. The van der Waals surface area contributed by atoms with Crippen molar-refractivity contribution in [3.05, 3.63) is 29.8 Å². The SMILES string of the molecule is CCCCCN(CCCC)CCc1ccc(N)cc1. The molecule has 0 amide bonds. The molecule has 0 saturated heterocycles. The molecule has 0 atom stereocenters. The molecule has 0 unspecified atom stereocenters. The van der Waals surface area contributed by atoms with E-state index in [0.717, 1.165) is 12.1 Å². The number of anilines is 1. The van der Waals surface area contributed by atoms with Crippen LogP contribution >= 0.6 is 0 Å². The third-order valence-corrected chi connectivity index (χ3v) is 3.60. The van der Waals surface area contributed by atoms with Crippen LogP contribution in [-0.2, 0) is 6.42 Å². The maximum atomic E-state index is 5.72. The Balaban J connectivity index is 2.35. The molecule has 1 rings (SSSR count). The number of nitrogen functional groups attached to an aromatic ring is 1. The third kappa shape index (κ3) is 7.22. The maximum absolute atomic E-state index is 5.72. The van der Waals surface area contributed by atoms with E-state index in [9.17, 15) is 0 Å². The van der Waals surface area contributed by atoms with Gasteiger partial charge in [0.15, 0.2) is 0 Å². The zero-order valence-corrected chi connectivity index (χ0v) is 12.7. The molecular formula is C17H30N2. The first kappa shape index (κ1) is 16.0. The Bertz CT molecular complexity index is 319. The predicted octanol–water partition coefficient (Wildman–Crippen LogP) is 4.10. The first-order valence-electron chi connectivity index (χ1n) is 7.83. The second kappa shape index (κ2) is 9.85. The molecule has 0 saturated carbocycles. The van der Waals surface area contributed by atoms with Crippen LogP contribution < -0.4 is 5.73 Å². The minimum atomic E-state index is 0.856. The third-order valence-electron chi connectivity index (χ3n) is 3.60. The zero-order chi connectivity index (χ0) is 13.9. The molecule has 0 aliphatic heterocycles. The highest BCUT2D eigenvalue weighted by molar-refractivity contribution is 5.39. The largest absolute Gasteiger partial charge is 0.399 e. The van der Waals surface area contributed by atoms with E-state index in [2.05, 4.69) is 30.9 Å². The van der Waals surface area contributed by atoms with E-state index in [0.29, 0.717) is 0 Å². The van der Waals surface area contributed by atoms with Crippen molar-refractivity contribution in [3.63, 3.8) is 0 Å². The lowest BCUT2D eigenvalue weighted by molar-refractivity contribution is 0.266. The summed E-state index contributed by atoms with van der Waals surface area (Å²) >= 11 is 0. The van der Waals surface area contributed by atoms with Gasteiger partial charge in [-0.1, -0.05) is 45.2 Å². The van der Waals surface area contributed by atoms with Gasteiger partial charge in [-0.3, -0.25) is 0 Å². The summed E-state index contributed by atoms with van der Waals surface area (Å²) in [5.74, 6) is 0. The number of benzene rings is 1. The lowest BCUT2D eigenvalue weighted by Gasteiger charge is -2.22. The van der Waals surface area contributed by atoms with E-state index < -0.39 is 0 Å². The van der Waals surface area contributed by atoms with E-state index >= 15 is 0 Å². The summed E-state index contributed by atoms with van der Waals surface area (Å²) in [7, 11) is 0. The van der Waals surface area contributed by atoms with Gasteiger partial charge in [-0.05, 0) is 50.0 Å². The molecule has 1 aromatic carbocycles. The highest BCUT2D eigenvalue weighted by atomic mass is 15.1. The Morgan fingerprint density at radius 1 is 0.842 bits per heavy atom. The van der Waals surface area contributed by atoms with Gasteiger partial charge in [-0.2, -0.15) is 0 Å². The van der Waals surface area contributed by atoms with Crippen molar-refractivity contribution in [1.29, 1.82) is 0 Å². The smallest absolute Gasteiger partial charge is 0.0314 e. The van der Waals surface area contributed by atoms with Gasteiger partial charge in [0, 0.05) is 12.2 Å². The Kier molecular flexibility index (Phi) is 8.31. The van der Waals surface area contributed by atoms with E-state index in [4.69, 9.17) is 5.73 Å². The van der Waals surface area contributed by atoms with Crippen molar-refractivity contribution >= 4 is 5.69 Å². The number of rotatable bonds is 10. The maximum Gasteiger partial charge on any atom is 0.0314 e. The van der Waals surface area contributed by atoms with Crippen molar-refractivity contribution in [3.8, 4) is 0 Å². The van der Waals surface area contributed by atoms with E-state index in [-0.39, 0.29) is 0 Å². The molecule has 19 heavy (non-hydrogen) atoms. The molecule has 0 heterocycles. The molecule has 2 heteroatoms. The van der Waals surface area contributed by atoms with Crippen molar-refractivity contribution in [2.75, 3.05) is 25.4 Å².